The second-order valence-corrected chi connectivity index (χ2v) is 5.19. The van der Waals surface area contributed by atoms with Gasteiger partial charge in [-0.1, -0.05) is 17.3 Å². The van der Waals surface area contributed by atoms with E-state index < -0.39 is 0 Å². The highest BCUT2D eigenvalue weighted by Gasteiger charge is 2.21. The molecule has 106 valence electrons. The molecule has 1 aliphatic rings. The lowest BCUT2D eigenvalue weighted by molar-refractivity contribution is 0.210. The predicted molar refractivity (Wildman–Crippen MR) is 75.2 cm³/mol. The van der Waals surface area contributed by atoms with Crippen LogP contribution < -0.4 is 10.5 Å². The normalized spacial score (nSPS) is 15.7. The third-order valence-corrected chi connectivity index (χ3v) is 3.70. The minimum atomic E-state index is 0.248. The van der Waals surface area contributed by atoms with Gasteiger partial charge in [0.05, 0.1) is 18.2 Å². The van der Waals surface area contributed by atoms with E-state index in [0.717, 1.165) is 29.7 Å². The molecule has 0 bridgehead atoms. The fourth-order valence-electron chi connectivity index (χ4n) is 2.65. The number of nitrogens with zero attached hydrogens (tertiary/aromatic N) is 2. The highest BCUT2D eigenvalue weighted by molar-refractivity contribution is 5.67. The van der Waals surface area contributed by atoms with Crippen LogP contribution in [0.15, 0.2) is 22.7 Å². The van der Waals surface area contributed by atoms with Crippen LogP contribution in [0.25, 0.3) is 11.4 Å². The Morgan fingerprint density at radius 1 is 1.35 bits per heavy atom. The largest absolute Gasteiger partial charge is 0.490 e. The number of rotatable bonds is 4. The average Bonchev–Trinajstić information content (AvgIpc) is 3.10. The molecular formula is C15H19N3O2. The molecule has 3 rings (SSSR count). The van der Waals surface area contributed by atoms with Crippen LogP contribution in [0, 0.1) is 6.92 Å². The molecule has 0 unspecified atom stereocenters. The number of hydrogen-bond acceptors (Lipinski definition) is 5. The molecule has 0 radical (unpaired) electrons. The molecule has 1 fully saturated rings. The summed E-state index contributed by atoms with van der Waals surface area (Å²) >= 11 is 0. The van der Waals surface area contributed by atoms with Gasteiger partial charge in [-0.25, -0.2) is 0 Å². The van der Waals surface area contributed by atoms with E-state index in [0.29, 0.717) is 17.8 Å². The molecule has 2 aromatic rings. The molecule has 5 nitrogen and oxygen atoms in total. The maximum absolute atomic E-state index is 6.13. The fourth-order valence-corrected chi connectivity index (χ4v) is 2.65. The summed E-state index contributed by atoms with van der Waals surface area (Å²) in [5.41, 5.74) is 7.50. The monoisotopic (exact) mass is 273 g/mol. The zero-order valence-electron chi connectivity index (χ0n) is 11.6. The van der Waals surface area contributed by atoms with E-state index >= 15 is 0 Å². The van der Waals surface area contributed by atoms with E-state index in [1.54, 1.807) is 0 Å². The molecular weight excluding hydrogens is 254 g/mol. The Hall–Kier alpha value is -1.88. The van der Waals surface area contributed by atoms with Gasteiger partial charge in [-0.05, 0) is 44.2 Å². The quantitative estimate of drug-likeness (QED) is 0.927. The first-order valence-corrected chi connectivity index (χ1v) is 7.07. The van der Waals surface area contributed by atoms with Gasteiger partial charge >= 0.3 is 0 Å². The van der Waals surface area contributed by atoms with Crippen LogP contribution in [0.2, 0.25) is 0 Å². The standard InChI is InChI=1S/C15H19N3O2/c1-10-5-4-8-12(19-11-6-2-3-7-11)14(10)15-17-13(9-16)20-18-15/h4-5,8,11H,2-3,6-7,9,16H2,1H3. The van der Waals surface area contributed by atoms with Crippen molar-refractivity contribution in [2.45, 2.75) is 45.3 Å². The van der Waals surface area contributed by atoms with E-state index in [4.69, 9.17) is 15.0 Å². The van der Waals surface area contributed by atoms with Crippen LogP contribution in [0.1, 0.15) is 37.1 Å². The maximum Gasteiger partial charge on any atom is 0.240 e. The van der Waals surface area contributed by atoms with Crippen molar-refractivity contribution >= 4 is 0 Å². The van der Waals surface area contributed by atoms with Crippen LogP contribution in [0.4, 0.5) is 0 Å². The molecule has 0 amide bonds. The van der Waals surface area contributed by atoms with Crippen LogP contribution in [-0.4, -0.2) is 16.2 Å². The average molecular weight is 273 g/mol. The minimum absolute atomic E-state index is 0.248. The topological polar surface area (TPSA) is 74.2 Å². The first kappa shape index (κ1) is 13.1. The van der Waals surface area contributed by atoms with Crippen LogP contribution in [0.5, 0.6) is 5.75 Å². The van der Waals surface area contributed by atoms with Gasteiger partial charge in [-0.15, -0.1) is 0 Å². The third kappa shape index (κ3) is 2.54. The molecule has 1 aliphatic carbocycles. The van der Waals surface area contributed by atoms with E-state index in [-0.39, 0.29) is 6.54 Å². The van der Waals surface area contributed by atoms with Crippen molar-refractivity contribution in [3.63, 3.8) is 0 Å². The van der Waals surface area contributed by atoms with Crippen LogP contribution >= 0.6 is 0 Å². The summed E-state index contributed by atoms with van der Waals surface area (Å²) in [5, 5.41) is 4.01. The highest BCUT2D eigenvalue weighted by atomic mass is 16.5. The van der Waals surface area contributed by atoms with Gasteiger partial charge in [-0.3, -0.25) is 0 Å². The summed E-state index contributed by atoms with van der Waals surface area (Å²) in [6, 6.07) is 5.99. The number of hydrogen-bond donors (Lipinski definition) is 1. The second-order valence-electron chi connectivity index (χ2n) is 5.19. The van der Waals surface area contributed by atoms with Crippen molar-refractivity contribution in [2.75, 3.05) is 0 Å². The first-order valence-electron chi connectivity index (χ1n) is 7.07. The molecule has 0 spiro atoms. The third-order valence-electron chi connectivity index (χ3n) is 3.70. The Morgan fingerprint density at radius 3 is 2.85 bits per heavy atom. The molecule has 0 saturated heterocycles. The summed E-state index contributed by atoms with van der Waals surface area (Å²) < 4.78 is 11.2. The molecule has 1 heterocycles. The Bertz CT molecular complexity index is 589. The number of aromatic nitrogens is 2. The summed E-state index contributed by atoms with van der Waals surface area (Å²) in [4.78, 5) is 4.31. The van der Waals surface area contributed by atoms with Gasteiger partial charge < -0.3 is 15.0 Å². The van der Waals surface area contributed by atoms with Gasteiger partial charge in [0.25, 0.3) is 0 Å². The van der Waals surface area contributed by atoms with Crippen molar-refractivity contribution < 1.29 is 9.26 Å². The molecule has 20 heavy (non-hydrogen) atoms. The van der Waals surface area contributed by atoms with Gasteiger partial charge in [0.2, 0.25) is 11.7 Å². The molecule has 1 aromatic carbocycles. The highest BCUT2D eigenvalue weighted by Crippen LogP contribution is 2.34. The molecule has 0 aliphatic heterocycles. The Labute approximate surface area is 118 Å². The van der Waals surface area contributed by atoms with Gasteiger partial charge in [0.15, 0.2) is 0 Å². The van der Waals surface area contributed by atoms with Gasteiger partial charge in [0, 0.05) is 0 Å². The Morgan fingerprint density at radius 2 is 2.15 bits per heavy atom. The number of nitrogens with two attached hydrogens (primary N) is 1. The molecule has 5 heteroatoms. The van der Waals surface area contributed by atoms with Crippen molar-refractivity contribution in [3.05, 3.63) is 29.7 Å². The summed E-state index contributed by atoms with van der Waals surface area (Å²) in [6.45, 7) is 2.27. The van der Waals surface area contributed by atoms with Crippen molar-refractivity contribution in [1.29, 1.82) is 0 Å². The van der Waals surface area contributed by atoms with Gasteiger partial charge in [0.1, 0.15) is 5.75 Å². The smallest absolute Gasteiger partial charge is 0.240 e. The fraction of sp³-hybridized carbons (Fsp3) is 0.467. The lowest BCUT2D eigenvalue weighted by Crippen LogP contribution is -2.12. The minimum Gasteiger partial charge on any atom is -0.490 e. The SMILES string of the molecule is Cc1cccc(OC2CCCC2)c1-c1noc(CN)n1. The second kappa shape index (κ2) is 5.63. The summed E-state index contributed by atoms with van der Waals surface area (Å²) in [5.74, 6) is 1.83. The number of aryl methyl sites for hydroxylation is 1. The number of ether oxygens (including phenoxy) is 1. The van der Waals surface area contributed by atoms with Crippen molar-refractivity contribution in [3.8, 4) is 17.1 Å². The van der Waals surface area contributed by atoms with Crippen molar-refractivity contribution in [2.24, 2.45) is 5.73 Å². The predicted octanol–water partition coefficient (Wildman–Crippen LogP) is 2.83. The molecule has 1 aromatic heterocycles. The first-order chi connectivity index (χ1) is 9.78. The van der Waals surface area contributed by atoms with Gasteiger partial charge in [-0.2, -0.15) is 4.98 Å². The Kier molecular flexibility index (Phi) is 3.69. The van der Waals surface area contributed by atoms with E-state index in [9.17, 15) is 0 Å². The van der Waals surface area contributed by atoms with E-state index in [2.05, 4.69) is 10.1 Å². The van der Waals surface area contributed by atoms with E-state index in [1.807, 2.05) is 25.1 Å². The zero-order chi connectivity index (χ0) is 13.9. The number of benzene rings is 1. The van der Waals surface area contributed by atoms with E-state index in [1.165, 1.54) is 12.8 Å². The summed E-state index contributed by atoms with van der Waals surface area (Å²) in [7, 11) is 0. The summed E-state index contributed by atoms with van der Waals surface area (Å²) in [6.07, 6.45) is 5.02. The maximum atomic E-state index is 6.13. The molecule has 0 atom stereocenters. The van der Waals surface area contributed by atoms with Crippen LogP contribution in [-0.2, 0) is 6.54 Å². The lowest BCUT2D eigenvalue weighted by atomic mass is 10.1. The van der Waals surface area contributed by atoms with Crippen molar-refractivity contribution in [1.82, 2.24) is 10.1 Å². The van der Waals surface area contributed by atoms with Crippen LogP contribution in [0.3, 0.4) is 0 Å². The lowest BCUT2D eigenvalue weighted by Gasteiger charge is -2.16. The molecule has 1 saturated carbocycles. The molecule has 2 N–H and O–H groups in total. The zero-order valence-corrected chi connectivity index (χ0v) is 11.6. The Balaban J connectivity index is 1.95.